The number of rotatable bonds is 5. The summed E-state index contributed by atoms with van der Waals surface area (Å²) in [6, 6.07) is 6.27. The molecule has 2 aromatic rings. The molecule has 1 aromatic carbocycles. The first-order chi connectivity index (χ1) is 10.7. The number of carbonyl (C=O) groups is 2. The van der Waals surface area contributed by atoms with Crippen molar-refractivity contribution in [1.82, 2.24) is 0 Å². The number of furan rings is 1. The minimum absolute atomic E-state index is 0.0841. The van der Waals surface area contributed by atoms with Gasteiger partial charge >= 0.3 is 5.97 Å². The molecule has 7 nitrogen and oxygen atoms in total. The second-order valence-electron chi connectivity index (χ2n) is 4.31. The molecule has 0 aliphatic heterocycles. The van der Waals surface area contributed by atoms with E-state index in [1.165, 1.54) is 24.3 Å². The van der Waals surface area contributed by atoms with E-state index in [0.717, 1.165) is 12.3 Å². The summed E-state index contributed by atoms with van der Waals surface area (Å²) in [5.74, 6) is -3.76. The molecule has 1 aromatic heterocycles. The lowest BCUT2D eigenvalue weighted by Crippen LogP contribution is -2.03. The second kappa shape index (κ2) is 6.27. The van der Waals surface area contributed by atoms with E-state index >= 15 is 0 Å². The average molecular weight is 357 g/mol. The maximum Gasteiger partial charge on any atom is 0.371 e. The van der Waals surface area contributed by atoms with Crippen molar-refractivity contribution in [2.24, 2.45) is 0 Å². The fraction of sp³-hybridized carbons (Fsp3) is 0. The van der Waals surface area contributed by atoms with Crippen molar-refractivity contribution < 1.29 is 32.6 Å². The minimum atomic E-state index is -3.99. The van der Waals surface area contributed by atoms with Gasteiger partial charge in [-0.05, 0) is 24.3 Å². The number of hydrogen-bond donors (Lipinski definition) is 2. The van der Waals surface area contributed by atoms with Crippen LogP contribution in [0, 0.1) is 0 Å². The van der Waals surface area contributed by atoms with Crippen molar-refractivity contribution in [1.29, 1.82) is 0 Å². The summed E-state index contributed by atoms with van der Waals surface area (Å²) in [6.07, 6.45) is 1.31. The molecule has 0 fully saturated rings. The lowest BCUT2D eigenvalue weighted by molar-refractivity contribution is -0.135. The monoisotopic (exact) mass is 356 g/mol. The van der Waals surface area contributed by atoms with Crippen LogP contribution in [0.1, 0.15) is 10.4 Å². The molecular weight excluding hydrogens is 348 g/mol. The Balaban J connectivity index is 2.35. The Morgan fingerprint density at radius 1 is 1.13 bits per heavy atom. The number of ketones is 1. The summed E-state index contributed by atoms with van der Waals surface area (Å²) in [6.45, 7) is 0. The Morgan fingerprint density at radius 3 is 2.30 bits per heavy atom. The zero-order chi connectivity index (χ0) is 17.2. The van der Waals surface area contributed by atoms with Crippen LogP contribution in [0.2, 0.25) is 5.02 Å². The van der Waals surface area contributed by atoms with E-state index < -0.39 is 32.4 Å². The summed E-state index contributed by atoms with van der Waals surface area (Å²) < 4.78 is 29.5. The van der Waals surface area contributed by atoms with Gasteiger partial charge in [-0.2, -0.15) is 0 Å². The fourth-order valence-electron chi connectivity index (χ4n) is 1.59. The van der Waals surface area contributed by atoms with E-state index in [9.17, 15) is 18.0 Å². The summed E-state index contributed by atoms with van der Waals surface area (Å²) >= 11 is 5.69. The molecule has 0 aliphatic rings. The van der Waals surface area contributed by atoms with E-state index in [2.05, 4.69) is 0 Å². The van der Waals surface area contributed by atoms with Crippen LogP contribution < -0.4 is 0 Å². The van der Waals surface area contributed by atoms with Gasteiger partial charge in [-0.15, -0.1) is 0 Å². The van der Waals surface area contributed by atoms with Gasteiger partial charge in [0.2, 0.25) is 20.7 Å². The highest BCUT2D eigenvalue weighted by molar-refractivity contribution is 7.91. The molecule has 0 atom stereocenters. The molecular formula is C14H9ClO7S. The summed E-state index contributed by atoms with van der Waals surface area (Å²) in [4.78, 5) is 22.1. The van der Waals surface area contributed by atoms with Crippen LogP contribution in [-0.4, -0.2) is 30.4 Å². The number of aliphatic hydroxyl groups excluding tert-OH is 1. The first-order valence-corrected chi connectivity index (χ1v) is 7.85. The number of allylic oxidation sites excluding steroid dienone is 1. The number of aliphatic carboxylic acids is 1. The Bertz CT molecular complexity index is 891. The third-order valence-corrected chi connectivity index (χ3v) is 4.62. The van der Waals surface area contributed by atoms with Gasteiger partial charge < -0.3 is 14.6 Å². The summed E-state index contributed by atoms with van der Waals surface area (Å²) in [5, 5.41) is 17.4. The van der Waals surface area contributed by atoms with Crippen molar-refractivity contribution in [3.05, 3.63) is 59.0 Å². The van der Waals surface area contributed by atoms with Gasteiger partial charge in [-0.3, -0.25) is 4.79 Å². The van der Waals surface area contributed by atoms with Crippen molar-refractivity contribution in [3.8, 4) is 0 Å². The van der Waals surface area contributed by atoms with Crippen LogP contribution in [0.15, 0.2) is 62.8 Å². The third-order valence-electron chi connectivity index (χ3n) is 2.74. The Morgan fingerprint density at radius 2 is 1.74 bits per heavy atom. The van der Waals surface area contributed by atoms with Crippen LogP contribution in [0.3, 0.4) is 0 Å². The van der Waals surface area contributed by atoms with E-state index in [4.69, 9.17) is 26.2 Å². The molecule has 2 N–H and O–H groups in total. The van der Waals surface area contributed by atoms with E-state index in [0.29, 0.717) is 11.1 Å². The predicted octanol–water partition coefficient (Wildman–Crippen LogP) is 2.48. The van der Waals surface area contributed by atoms with Gasteiger partial charge in [0, 0.05) is 17.2 Å². The highest BCUT2D eigenvalue weighted by atomic mass is 35.5. The van der Waals surface area contributed by atoms with E-state index in [1.807, 2.05) is 0 Å². The maximum absolute atomic E-state index is 12.3. The molecule has 2 rings (SSSR count). The molecule has 0 aliphatic carbocycles. The van der Waals surface area contributed by atoms with Crippen LogP contribution in [0.5, 0.6) is 0 Å². The van der Waals surface area contributed by atoms with Crippen LogP contribution in [0.25, 0.3) is 0 Å². The smallest absolute Gasteiger partial charge is 0.371 e. The Labute approximate surface area is 135 Å². The molecule has 0 bridgehead atoms. The van der Waals surface area contributed by atoms with E-state index in [1.54, 1.807) is 0 Å². The third kappa shape index (κ3) is 3.61. The largest absolute Gasteiger partial charge is 0.502 e. The van der Waals surface area contributed by atoms with Crippen molar-refractivity contribution in [2.45, 2.75) is 9.99 Å². The van der Waals surface area contributed by atoms with Gasteiger partial charge in [0.15, 0.2) is 5.78 Å². The lowest BCUT2D eigenvalue weighted by atomic mass is 10.2. The number of hydrogen-bond acceptors (Lipinski definition) is 6. The van der Waals surface area contributed by atoms with Crippen LogP contribution in [-0.2, 0) is 14.6 Å². The number of carboxylic acids is 1. The molecule has 23 heavy (non-hydrogen) atoms. The second-order valence-corrected chi connectivity index (χ2v) is 6.63. The van der Waals surface area contributed by atoms with Gasteiger partial charge in [0.1, 0.15) is 6.26 Å². The van der Waals surface area contributed by atoms with Gasteiger partial charge in [-0.1, -0.05) is 11.6 Å². The van der Waals surface area contributed by atoms with Crippen LogP contribution in [0.4, 0.5) is 0 Å². The van der Waals surface area contributed by atoms with Crippen LogP contribution >= 0.6 is 11.6 Å². The molecule has 120 valence electrons. The number of aliphatic hydroxyl groups is 1. The van der Waals surface area contributed by atoms with Crippen molar-refractivity contribution >= 4 is 33.2 Å². The molecule has 1 heterocycles. The number of carboxylic acid groups (broad SMARTS) is 1. The maximum atomic E-state index is 12.3. The topological polar surface area (TPSA) is 122 Å². The summed E-state index contributed by atoms with van der Waals surface area (Å²) in [5.41, 5.74) is -0.217. The van der Waals surface area contributed by atoms with Gasteiger partial charge in [0.25, 0.3) is 0 Å². The van der Waals surface area contributed by atoms with Crippen molar-refractivity contribution in [3.63, 3.8) is 0 Å². The molecule has 0 saturated heterocycles. The van der Waals surface area contributed by atoms with E-state index in [-0.39, 0.29) is 10.5 Å². The van der Waals surface area contributed by atoms with Gasteiger partial charge in [-0.25, -0.2) is 13.2 Å². The predicted molar refractivity (Wildman–Crippen MR) is 78.3 cm³/mol. The molecule has 0 amide bonds. The minimum Gasteiger partial charge on any atom is -0.502 e. The van der Waals surface area contributed by atoms with Crippen molar-refractivity contribution in [2.75, 3.05) is 0 Å². The standard InChI is InChI=1S/C14H9ClO7S/c15-9-1-3-10(4-2-9)23(20,21)13-5-8(7-22-13)11(16)6-12(17)14(18)19/h1-7,17H,(H,18,19)/b12-6-. The zero-order valence-electron chi connectivity index (χ0n) is 11.3. The van der Waals surface area contributed by atoms with Gasteiger partial charge in [0.05, 0.1) is 10.5 Å². The molecule has 0 spiro atoms. The first kappa shape index (κ1) is 16.8. The highest BCUT2D eigenvalue weighted by Crippen LogP contribution is 2.24. The molecule has 0 saturated carbocycles. The number of halogens is 1. The summed E-state index contributed by atoms with van der Waals surface area (Å²) in [7, 11) is -3.99. The Hall–Kier alpha value is -2.58. The Kier molecular flexibility index (Phi) is 4.57. The normalized spacial score (nSPS) is 12.1. The average Bonchev–Trinajstić information content (AvgIpc) is 2.98. The fourth-order valence-corrected chi connectivity index (χ4v) is 2.90. The SMILES string of the molecule is O=C(O)/C(O)=C/C(=O)c1coc(S(=O)(=O)c2ccc(Cl)cc2)c1. The molecule has 0 radical (unpaired) electrons. The highest BCUT2D eigenvalue weighted by Gasteiger charge is 2.23. The lowest BCUT2D eigenvalue weighted by Gasteiger charge is -2.00. The first-order valence-electron chi connectivity index (χ1n) is 5.99. The molecule has 0 unspecified atom stereocenters. The number of sulfone groups is 1. The number of benzene rings is 1. The number of carbonyl (C=O) groups excluding carboxylic acids is 1. The quantitative estimate of drug-likeness (QED) is 0.479. The molecule has 9 heteroatoms. The zero-order valence-corrected chi connectivity index (χ0v) is 12.8.